The minimum atomic E-state index is -1.42. The maximum atomic E-state index is 12.6. The number of nitrogens with one attached hydrogen (secondary N) is 1. The van der Waals surface area contributed by atoms with Crippen molar-refractivity contribution < 1.29 is 52.4 Å². The molecule has 0 bridgehead atoms. The molecular weight excluding hydrogens is 535 g/mol. The molecular formula is C16H25HgNO6S-2. The molecule has 3 atom stereocenters. The monoisotopic (exact) mass is 561 g/mol. The molecule has 0 aliphatic heterocycles. The Balaban J connectivity index is 2.53. The number of carboxylic acid groups (broad SMARTS) is 2. The number of ether oxygens (including phenoxy) is 1. The molecule has 1 aliphatic carbocycles. The van der Waals surface area contributed by atoms with Crippen LogP contribution in [-0.4, -0.2) is 43.4 Å². The predicted octanol–water partition coefficient (Wildman–Crippen LogP) is -0.791. The van der Waals surface area contributed by atoms with Crippen molar-refractivity contribution >= 4 is 26.1 Å². The summed E-state index contributed by atoms with van der Waals surface area (Å²) < 4.78 is 6.18. The molecule has 0 saturated heterocycles. The third-order valence-electron chi connectivity index (χ3n) is 5.63. The Labute approximate surface area is 163 Å². The zero-order chi connectivity index (χ0) is 19.3. The molecule has 1 rings (SSSR count). The topological polar surface area (TPSA) is 119 Å². The number of aliphatic carboxylic acids is 2. The van der Waals surface area contributed by atoms with E-state index in [1.807, 2.05) is 13.8 Å². The Morgan fingerprint density at radius 2 is 1.96 bits per heavy atom. The second-order valence-electron chi connectivity index (χ2n) is 7.25. The number of amides is 1. The van der Waals surface area contributed by atoms with E-state index in [-0.39, 0.29) is 23.7 Å². The van der Waals surface area contributed by atoms with Crippen molar-refractivity contribution in [3.8, 4) is 0 Å². The van der Waals surface area contributed by atoms with Crippen molar-refractivity contribution in [3.63, 3.8) is 0 Å². The molecule has 0 aromatic carbocycles. The number of carbonyl (C=O) groups excluding carboxylic acids is 3. The van der Waals surface area contributed by atoms with Gasteiger partial charge in [-0.25, -0.2) is 0 Å². The van der Waals surface area contributed by atoms with Crippen LogP contribution >= 0.6 is 8.24 Å². The zero-order valence-electron chi connectivity index (χ0n) is 15.3. The molecule has 25 heavy (non-hydrogen) atoms. The fraction of sp³-hybridized carbons (Fsp3) is 0.812. The molecule has 1 fully saturated rings. The standard InChI is InChI=1S/C14H24NO4.C2H4O2S.Hg/c1-9(19-5)8-15-11(16)10-6-7-14(4,12(17)18)13(10,2)3;3-2(4)1-5;/h9-10H,1,6-8H2,2-5H3,(H,15,16)(H,17,18);5H,1H2,(H,3,4);/q;;+1/p-3. The van der Waals surface area contributed by atoms with Gasteiger partial charge in [-0.1, -0.05) is 0 Å². The number of hydrogen-bond acceptors (Lipinski definition) is 7. The number of carbonyl (C=O) groups is 3. The summed E-state index contributed by atoms with van der Waals surface area (Å²) in [6.07, 6.45) is 0.810. The number of methoxy groups -OCH3 is 1. The van der Waals surface area contributed by atoms with E-state index in [2.05, 4.69) is 5.32 Å². The first kappa shape index (κ1) is 22.7. The summed E-state index contributed by atoms with van der Waals surface area (Å²) in [4.78, 5) is 34.5. The molecule has 1 saturated carbocycles. The summed E-state index contributed by atoms with van der Waals surface area (Å²) >= 11 is -1.42. The van der Waals surface area contributed by atoms with Gasteiger partial charge >= 0.3 is 164 Å². The second-order valence-corrected chi connectivity index (χ2v) is 20.1. The van der Waals surface area contributed by atoms with Crippen LogP contribution in [0.3, 0.4) is 0 Å². The van der Waals surface area contributed by atoms with Gasteiger partial charge in [-0.05, 0) is 0 Å². The number of hydrogen-bond donors (Lipinski definition) is 1. The average Bonchev–Trinajstić information content (AvgIpc) is 2.77. The molecule has 0 aromatic rings. The van der Waals surface area contributed by atoms with Crippen LogP contribution < -0.4 is 15.5 Å². The van der Waals surface area contributed by atoms with E-state index in [0.29, 0.717) is 19.4 Å². The van der Waals surface area contributed by atoms with E-state index in [4.69, 9.17) is 4.74 Å². The normalized spacial score (nSPS) is 25.8. The average molecular weight is 560 g/mol. The molecule has 0 radical (unpaired) electrons. The number of carboxylic acids is 2. The van der Waals surface area contributed by atoms with Gasteiger partial charge in [0.2, 0.25) is 0 Å². The molecule has 7 nitrogen and oxygen atoms in total. The van der Waals surface area contributed by atoms with Gasteiger partial charge in [0.25, 0.3) is 0 Å². The van der Waals surface area contributed by atoms with Crippen molar-refractivity contribution in [3.05, 3.63) is 0 Å². The van der Waals surface area contributed by atoms with Gasteiger partial charge in [-0.3, -0.25) is 0 Å². The maximum absolute atomic E-state index is 12.6. The Morgan fingerprint density at radius 3 is 2.44 bits per heavy atom. The van der Waals surface area contributed by atoms with Crippen molar-refractivity contribution in [1.29, 1.82) is 0 Å². The van der Waals surface area contributed by atoms with Gasteiger partial charge in [-0.2, -0.15) is 0 Å². The van der Waals surface area contributed by atoms with Crippen LogP contribution in [0.5, 0.6) is 0 Å². The van der Waals surface area contributed by atoms with E-state index >= 15 is 0 Å². The Kier molecular flexibility index (Phi) is 8.67. The van der Waals surface area contributed by atoms with Crippen molar-refractivity contribution in [2.45, 2.75) is 43.6 Å². The summed E-state index contributed by atoms with van der Waals surface area (Å²) in [5, 5.41) is 24.8. The van der Waals surface area contributed by atoms with Gasteiger partial charge in [0.1, 0.15) is 0 Å². The first-order chi connectivity index (χ1) is 11.6. The molecule has 0 heterocycles. The molecule has 0 spiro atoms. The van der Waals surface area contributed by atoms with Crippen molar-refractivity contribution in [2.24, 2.45) is 16.7 Å². The second kappa shape index (κ2) is 9.55. The SMILES string of the molecule is COC(CNC(=O)C1CCC(C)(C(=O)[O-])C1(C)C)[CH2][Hg][S]CC(=O)[O-]. The summed E-state index contributed by atoms with van der Waals surface area (Å²) in [7, 11) is 3.03. The van der Waals surface area contributed by atoms with Gasteiger partial charge < -0.3 is 0 Å². The summed E-state index contributed by atoms with van der Waals surface area (Å²) in [6, 6.07) is 0. The first-order valence-corrected chi connectivity index (χ1v) is 20.1. The third-order valence-corrected chi connectivity index (χ3v) is 17.6. The Hall–Kier alpha value is -0.345. The van der Waals surface area contributed by atoms with Crippen molar-refractivity contribution in [2.75, 3.05) is 19.4 Å². The Bertz CT molecular complexity index is 515. The van der Waals surface area contributed by atoms with Gasteiger partial charge in [0, 0.05) is 0 Å². The van der Waals surface area contributed by atoms with E-state index < -0.39 is 45.8 Å². The van der Waals surface area contributed by atoms with Gasteiger partial charge in [-0.15, -0.1) is 0 Å². The predicted molar refractivity (Wildman–Crippen MR) is 85.7 cm³/mol. The molecule has 1 aliphatic rings. The number of rotatable bonds is 10. The van der Waals surface area contributed by atoms with E-state index in [1.165, 1.54) is 8.24 Å². The van der Waals surface area contributed by atoms with Crippen LogP contribution in [0.2, 0.25) is 3.93 Å². The van der Waals surface area contributed by atoms with E-state index in [1.54, 1.807) is 14.0 Å². The van der Waals surface area contributed by atoms with Crippen LogP contribution in [0.4, 0.5) is 0 Å². The summed E-state index contributed by atoms with van der Waals surface area (Å²) in [5.41, 5.74) is -1.71. The van der Waals surface area contributed by atoms with Gasteiger partial charge in [0.05, 0.1) is 0 Å². The molecule has 1 amide bonds. The van der Waals surface area contributed by atoms with Crippen molar-refractivity contribution in [1.82, 2.24) is 5.32 Å². The fourth-order valence-corrected chi connectivity index (χ4v) is 14.4. The van der Waals surface area contributed by atoms with Crippen LogP contribution in [0.15, 0.2) is 0 Å². The zero-order valence-corrected chi connectivity index (χ0v) is 21.6. The fourth-order valence-electron chi connectivity index (χ4n) is 3.34. The third kappa shape index (κ3) is 5.56. The molecule has 3 unspecified atom stereocenters. The van der Waals surface area contributed by atoms with Crippen LogP contribution in [0.1, 0.15) is 33.6 Å². The summed E-state index contributed by atoms with van der Waals surface area (Å²) in [5.74, 6) is -2.67. The molecule has 140 valence electrons. The van der Waals surface area contributed by atoms with Gasteiger partial charge in [0.15, 0.2) is 0 Å². The van der Waals surface area contributed by atoms with E-state index in [0.717, 1.165) is 3.93 Å². The summed E-state index contributed by atoms with van der Waals surface area (Å²) in [6.45, 7) is 5.62. The Morgan fingerprint density at radius 1 is 1.32 bits per heavy atom. The molecule has 9 heteroatoms. The first-order valence-electron chi connectivity index (χ1n) is 8.35. The quantitative estimate of drug-likeness (QED) is 0.275. The van der Waals surface area contributed by atoms with Crippen LogP contribution in [0, 0.1) is 16.7 Å². The van der Waals surface area contributed by atoms with Crippen LogP contribution in [-0.2, 0) is 42.2 Å². The molecule has 0 aromatic heterocycles. The van der Waals surface area contributed by atoms with E-state index in [9.17, 15) is 24.6 Å². The molecule has 1 N–H and O–H groups in total. The minimum absolute atomic E-state index is 0.0302. The van der Waals surface area contributed by atoms with Crippen LogP contribution in [0.25, 0.3) is 0 Å².